The number of nitrogens with one attached hydrogen (secondary N) is 1. The number of carbonyl (C=O) groups is 1. The summed E-state index contributed by atoms with van der Waals surface area (Å²) in [6.07, 6.45) is 2.05. The van der Waals surface area contributed by atoms with Crippen LogP contribution in [0.5, 0.6) is 5.75 Å². The van der Waals surface area contributed by atoms with Crippen molar-refractivity contribution >= 4 is 5.91 Å². The molecule has 0 radical (unpaired) electrons. The molecule has 0 atom stereocenters. The van der Waals surface area contributed by atoms with Crippen molar-refractivity contribution < 1.29 is 9.53 Å². The highest BCUT2D eigenvalue weighted by molar-refractivity contribution is 5.75. The van der Waals surface area contributed by atoms with Crippen LogP contribution in [0.2, 0.25) is 0 Å². The molecule has 0 aliphatic rings. The number of ether oxygens (including phenoxy) is 1. The lowest BCUT2D eigenvalue weighted by molar-refractivity contribution is -0.121. The predicted octanol–water partition coefficient (Wildman–Crippen LogP) is 0.919. The molecule has 0 bridgehead atoms. The Morgan fingerprint density at radius 2 is 2.14 bits per heavy atom. The highest BCUT2D eigenvalue weighted by Crippen LogP contribution is 2.17. The number of methoxy groups -OCH3 is 1. The van der Waals surface area contributed by atoms with E-state index in [0.29, 0.717) is 18.7 Å². The van der Waals surface area contributed by atoms with Gasteiger partial charge in [0.05, 0.1) is 13.4 Å². The topological polar surface area (TPSA) is 73.2 Å². The lowest BCUT2D eigenvalue weighted by Gasteiger charge is -2.09. The zero-order chi connectivity index (χ0) is 15.9. The fourth-order valence-corrected chi connectivity index (χ4v) is 2.09. The quantitative estimate of drug-likeness (QED) is 0.861. The molecule has 0 aliphatic heterocycles. The van der Waals surface area contributed by atoms with Gasteiger partial charge in [-0.2, -0.15) is 0 Å². The van der Waals surface area contributed by atoms with Gasteiger partial charge in [-0.05, 0) is 25.0 Å². The minimum absolute atomic E-state index is 0.0297. The van der Waals surface area contributed by atoms with Crippen LogP contribution in [0.1, 0.15) is 11.3 Å². The Hall–Kier alpha value is -2.63. The summed E-state index contributed by atoms with van der Waals surface area (Å²) in [5.74, 6) is 0.582. The average Bonchev–Trinajstić information content (AvgIpc) is 2.50. The van der Waals surface area contributed by atoms with Crippen LogP contribution in [0, 0.1) is 6.92 Å². The van der Waals surface area contributed by atoms with Crippen LogP contribution in [-0.4, -0.2) is 29.1 Å². The molecule has 116 valence electrons. The molecule has 1 heterocycles. The summed E-state index contributed by atoms with van der Waals surface area (Å²) >= 11 is 0. The maximum Gasteiger partial charge on any atom is 0.253 e. The summed E-state index contributed by atoms with van der Waals surface area (Å²) in [6.45, 7) is 2.18. The summed E-state index contributed by atoms with van der Waals surface area (Å²) in [5, 5.41) is 2.79. The van der Waals surface area contributed by atoms with Crippen molar-refractivity contribution in [1.29, 1.82) is 0 Å². The molecule has 0 saturated heterocycles. The first-order chi connectivity index (χ1) is 10.6. The molecule has 2 aromatic rings. The molecule has 1 aromatic carbocycles. The van der Waals surface area contributed by atoms with E-state index in [1.165, 1.54) is 17.0 Å². The molecule has 6 nitrogen and oxygen atoms in total. The highest BCUT2D eigenvalue weighted by Gasteiger charge is 2.06. The lowest BCUT2D eigenvalue weighted by atomic mass is 10.1. The van der Waals surface area contributed by atoms with E-state index in [1.54, 1.807) is 14.0 Å². The second-order valence-corrected chi connectivity index (χ2v) is 4.91. The van der Waals surface area contributed by atoms with Gasteiger partial charge >= 0.3 is 0 Å². The first-order valence-electron chi connectivity index (χ1n) is 7.02. The van der Waals surface area contributed by atoms with Gasteiger partial charge in [0.15, 0.2) is 0 Å². The Morgan fingerprint density at radius 3 is 2.86 bits per heavy atom. The van der Waals surface area contributed by atoms with Crippen LogP contribution in [0.15, 0.2) is 41.5 Å². The Balaban J connectivity index is 1.87. The van der Waals surface area contributed by atoms with E-state index in [-0.39, 0.29) is 18.0 Å². The average molecular weight is 301 g/mol. The SMILES string of the molecule is COc1ccccc1CCNC(=O)Cn1cnc(C)cc1=O. The monoisotopic (exact) mass is 301 g/mol. The van der Waals surface area contributed by atoms with Gasteiger partial charge in [-0.1, -0.05) is 18.2 Å². The summed E-state index contributed by atoms with van der Waals surface area (Å²) < 4.78 is 6.54. The molecule has 6 heteroatoms. The van der Waals surface area contributed by atoms with E-state index in [9.17, 15) is 9.59 Å². The number of benzene rings is 1. The molecule has 2 rings (SSSR count). The van der Waals surface area contributed by atoms with Crippen LogP contribution < -0.4 is 15.6 Å². The maximum absolute atomic E-state index is 11.9. The number of amides is 1. The molecular weight excluding hydrogens is 282 g/mol. The van der Waals surface area contributed by atoms with Gasteiger partial charge < -0.3 is 10.1 Å². The van der Waals surface area contributed by atoms with E-state index in [0.717, 1.165) is 11.3 Å². The van der Waals surface area contributed by atoms with Gasteiger partial charge in [-0.25, -0.2) is 4.98 Å². The van der Waals surface area contributed by atoms with Gasteiger partial charge in [0.25, 0.3) is 5.56 Å². The van der Waals surface area contributed by atoms with Crippen molar-refractivity contribution in [3.63, 3.8) is 0 Å². The largest absolute Gasteiger partial charge is 0.496 e. The zero-order valence-corrected chi connectivity index (χ0v) is 12.7. The summed E-state index contributed by atoms with van der Waals surface area (Å²) in [7, 11) is 1.62. The summed E-state index contributed by atoms with van der Waals surface area (Å²) in [5.41, 5.74) is 1.43. The number of hydrogen-bond donors (Lipinski definition) is 1. The lowest BCUT2D eigenvalue weighted by Crippen LogP contribution is -2.33. The minimum Gasteiger partial charge on any atom is -0.496 e. The predicted molar refractivity (Wildman–Crippen MR) is 82.9 cm³/mol. The molecule has 1 amide bonds. The molecule has 0 fully saturated rings. The van der Waals surface area contributed by atoms with E-state index >= 15 is 0 Å². The van der Waals surface area contributed by atoms with Gasteiger partial charge in [0, 0.05) is 18.3 Å². The molecule has 22 heavy (non-hydrogen) atoms. The van der Waals surface area contributed by atoms with Crippen molar-refractivity contribution in [1.82, 2.24) is 14.9 Å². The number of carbonyl (C=O) groups excluding carboxylic acids is 1. The molecule has 0 spiro atoms. The van der Waals surface area contributed by atoms with Crippen molar-refractivity contribution in [3.8, 4) is 5.75 Å². The molecule has 1 aromatic heterocycles. The minimum atomic E-state index is -0.229. The maximum atomic E-state index is 11.9. The van der Waals surface area contributed by atoms with Gasteiger partial charge in [-0.3, -0.25) is 14.2 Å². The molecule has 1 N–H and O–H groups in total. The third-order valence-electron chi connectivity index (χ3n) is 3.24. The summed E-state index contributed by atoms with van der Waals surface area (Å²) in [4.78, 5) is 27.6. The fraction of sp³-hybridized carbons (Fsp3) is 0.312. The highest BCUT2D eigenvalue weighted by atomic mass is 16.5. The Bertz CT molecular complexity index is 710. The smallest absolute Gasteiger partial charge is 0.253 e. The Kier molecular flexibility index (Phi) is 5.30. The van der Waals surface area contributed by atoms with E-state index in [1.807, 2.05) is 24.3 Å². The molecular formula is C16H19N3O3. The van der Waals surface area contributed by atoms with Crippen molar-refractivity contribution in [2.45, 2.75) is 19.9 Å². The number of aryl methyl sites for hydroxylation is 1. The van der Waals surface area contributed by atoms with Crippen LogP contribution in [0.25, 0.3) is 0 Å². The summed E-state index contributed by atoms with van der Waals surface area (Å²) in [6, 6.07) is 9.07. The number of rotatable bonds is 6. The number of hydrogen-bond acceptors (Lipinski definition) is 4. The molecule has 0 unspecified atom stereocenters. The third-order valence-corrected chi connectivity index (χ3v) is 3.24. The zero-order valence-electron chi connectivity index (χ0n) is 12.7. The molecule has 0 aliphatic carbocycles. The first kappa shape index (κ1) is 15.8. The number of para-hydroxylation sites is 1. The fourth-order valence-electron chi connectivity index (χ4n) is 2.09. The van der Waals surface area contributed by atoms with Gasteiger partial charge in [0.2, 0.25) is 5.91 Å². The van der Waals surface area contributed by atoms with Crippen molar-refractivity contribution in [2.24, 2.45) is 0 Å². The van der Waals surface area contributed by atoms with Crippen LogP contribution in [-0.2, 0) is 17.8 Å². The van der Waals surface area contributed by atoms with Gasteiger partial charge in [-0.15, -0.1) is 0 Å². The second kappa shape index (κ2) is 7.40. The van der Waals surface area contributed by atoms with Crippen LogP contribution >= 0.6 is 0 Å². The second-order valence-electron chi connectivity index (χ2n) is 4.91. The van der Waals surface area contributed by atoms with E-state index < -0.39 is 0 Å². The van der Waals surface area contributed by atoms with Crippen LogP contribution in [0.3, 0.4) is 0 Å². The Labute approximate surface area is 128 Å². The standard InChI is InChI=1S/C16H19N3O3/c1-12-9-16(21)19(11-18-12)10-15(20)17-8-7-13-5-3-4-6-14(13)22-2/h3-6,9,11H,7-8,10H2,1-2H3,(H,17,20). The number of nitrogens with zero attached hydrogens (tertiary/aromatic N) is 2. The first-order valence-corrected chi connectivity index (χ1v) is 7.02. The molecule has 0 saturated carbocycles. The van der Waals surface area contributed by atoms with E-state index in [2.05, 4.69) is 10.3 Å². The normalized spacial score (nSPS) is 10.3. The van der Waals surface area contributed by atoms with Gasteiger partial charge in [0.1, 0.15) is 12.3 Å². The van der Waals surface area contributed by atoms with Crippen LogP contribution in [0.4, 0.5) is 0 Å². The number of aromatic nitrogens is 2. The third kappa shape index (κ3) is 4.18. The van der Waals surface area contributed by atoms with Crippen molar-refractivity contribution in [3.05, 3.63) is 58.3 Å². The van der Waals surface area contributed by atoms with E-state index in [4.69, 9.17) is 4.74 Å². The van der Waals surface area contributed by atoms with Crippen molar-refractivity contribution in [2.75, 3.05) is 13.7 Å². The Morgan fingerprint density at radius 1 is 1.36 bits per heavy atom.